The van der Waals surface area contributed by atoms with Crippen LogP contribution in [0.2, 0.25) is 0 Å². The van der Waals surface area contributed by atoms with Crippen LogP contribution in [0.4, 0.5) is 5.69 Å². The summed E-state index contributed by atoms with van der Waals surface area (Å²) in [6, 6.07) is 12.9. The van der Waals surface area contributed by atoms with E-state index < -0.39 is 10.0 Å². The summed E-state index contributed by atoms with van der Waals surface area (Å²) >= 11 is 0. The highest BCUT2D eigenvalue weighted by molar-refractivity contribution is 7.89. The van der Waals surface area contributed by atoms with Gasteiger partial charge in [0.2, 0.25) is 15.9 Å². The van der Waals surface area contributed by atoms with Gasteiger partial charge in [0.15, 0.2) is 0 Å². The molecule has 0 aliphatic carbocycles. The molecule has 3 rings (SSSR count). The van der Waals surface area contributed by atoms with Gasteiger partial charge in [-0.05, 0) is 68.5 Å². The van der Waals surface area contributed by atoms with Gasteiger partial charge >= 0.3 is 0 Å². The van der Waals surface area contributed by atoms with Gasteiger partial charge in [-0.25, -0.2) is 8.42 Å². The second kappa shape index (κ2) is 7.82. The first-order valence-electron chi connectivity index (χ1n) is 9.22. The summed E-state index contributed by atoms with van der Waals surface area (Å²) in [4.78, 5) is 12.9. The van der Waals surface area contributed by atoms with E-state index in [1.807, 2.05) is 45.0 Å². The topological polar surface area (TPSA) is 66.5 Å². The molecule has 1 aliphatic heterocycles. The third kappa shape index (κ3) is 4.39. The van der Waals surface area contributed by atoms with Crippen molar-refractivity contribution < 1.29 is 13.2 Å². The SMILES string of the molecule is Cc1cccc(S(=O)(=O)N2CCC(C(=O)Nc3cc(C)ccc3C)CC2)c1. The summed E-state index contributed by atoms with van der Waals surface area (Å²) < 4.78 is 27.1. The maximum absolute atomic E-state index is 12.8. The van der Waals surface area contributed by atoms with Crippen molar-refractivity contribution in [1.29, 1.82) is 0 Å². The van der Waals surface area contributed by atoms with Gasteiger partial charge in [0.05, 0.1) is 4.90 Å². The molecule has 0 bridgehead atoms. The van der Waals surface area contributed by atoms with Crippen LogP contribution >= 0.6 is 0 Å². The molecule has 1 amide bonds. The summed E-state index contributed by atoms with van der Waals surface area (Å²) in [7, 11) is -3.50. The molecule has 1 fully saturated rings. The third-order valence-electron chi connectivity index (χ3n) is 5.10. The minimum atomic E-state index is -3.50. The number of carbonyl (C=O) groups is 1. The highest BCUT2D eigenvalue weighted by Gasteiger charge is 2.32. The van der Waals surface area contributed by atoms with Crippen molar-refractivity contribution in [3.8, 4) is 0 Å². The minimum absolute atomic E-state index is 0.0312. The Labute approximate surface area is 161 Å². The molecular formula is C21H26N2O3S. The zero-order valence-electron chi connectivity index (χ0n) is 16.0. The average molecular weight is 387 g/mol. The van der Waals surface area contributed by atoms with Gasteiger partial charge in [-0.1, -0.05) is 24.3 Å². The highest BCUT2D eigenvalue weighted by atomic mass is 32.2. The molecule has 0 atom stereocenters. The second-order valence-corrected chi connectivity index (χ2v) is 9.24. The lowest BCUT2D eigenvalue weighted by Crippen LogP contribution is -2.41. The summed E-state index contributed by atoms with van der Waals surface area (Å²) in [5.74, 6) is -0.204. The predicted molar refractivity (Wildman–Crippen MR) is 107 cm³/mol. The van der Waals surface area contributed by atoms with Crippen molar-refractivity contribution >= 4 is 21.6 Å². The molecule has 0 radical (unpaired) electrons. The summed E-state index contributed by atoms with van der Waals surface area (Å²) in [5, 5.41) is 3.01. The molecule has 0 aromatic heterocycles. The molecule has 27 heavy (non-hydrogen) atoms. The molecule has 0 spiro atoms. The number of amides is 1. The minimum Gasteiger partial charge on any atom is -0.326 e. The average Bonchev–Trinajstić information content (AvgIpc) is 2.65. The van der Waals surface area contributed by atoms with Gasteiger partial charge in [-0.2, -0.15) is 4.31 Å². The Balaban J connectivity index is 1.64. The van der Waals surface area contributed by atoms with Crippen molar-refractivity contribution in [3.63, 3.8) is 0 Å². The van der Waals surface area contributed by atoms with Crippen LogP contribution in [-0.4, -0.2) is 31.7 Å². The first-order valence-corrected chi connectivity index (χ1v) is 10.7. The Morgan fingerprint density at radius 2 is 1.67 bits per heavy atom. The molecule has 1 aliphatic rings. The van der Waals surface area contributed by atoms with Gasteiger partial charge in [0.1, 0.15) is 0 Å². The summed E-state index contributed by atoms with van der Waals surface area (Å²) in [5.41, 5.74) is 3.86. The Morgan fingerprint density at radius 1 is 1.00 bits per heavy atom. The molecular weight excluding hydrogens is 360 g/mol. The molecule has 6 heteroatoms. The lowest BCUT2D eigenvalue weighted by Gasteiger charge is -2.30. The van der Waals surface area contributed by atoms with E-state index in [1.165, 1.54) is 4.31 Å². The first kappa shape index (κ1) is 19.6. The summed E-state index contributed by atoms with van der Waals surface area (Å²) in [6.07, 6.45) is 1.06. The number of aryl methyl sites for hydroxylation is 3. The fourth-order valence-corrected chi connectivity index (χ4v) is 4.96. The van der Waals surface area contributed by atoms with Crippen LogP contribution in [0.25, 0.3) is 0 Å². The van der Waals surface area contributed by atoms with E-state index in [0.717, 1.165) is 22.4 Å². The fraction of sp³-hybridized carbons (Fsp3) is 0.381. The van der Waals surface area contributed by atoms with E-state index in [0.29, 0.717) is 30.8 Å². The Bertz CT molecular complexity index is 946. The van der Waals surface area contributed by atoms with E-state index in [-0.39, 0.29) is 11.8 Å². The van der Waals surface area contributed by atoms with Crippen molar-refractivity contribution in [3.05, 3.63) is 59.2 Å². The van der Waals surface area contributed by atoms with Gasteiger partial charge in [0, 0.05) is 24.7 Å². The van der Waals surface area contributed by atoms with Gasteiger partial charge in [0.25, 0.3) is 0 Å². The number of sulfonamides is 1. The van der Waals surface area contributed by atoms with Crippen LogP contribution in [0.1, 0.15) is 29.5 Å². The third-order valence-corrected chi connectivity index (χ3v) is 7.00. The smallest absolute Gasteiger partial charge is 0.243 e. The molecule has 144 valence electrons. The van der Waals surface area contributed by atoms with Crippen LogP contribution in [0.5, 0.6) is 0 Å². The first-order chi connectivity index (χ1) is 12.8. The molecule has 1 saturated heterocycles. The molecule has 0 saturated carbocycles. The number of nitrogens with zero attached hydrogens (tertiary/aromatic N) is 1. The van der Waals surface area contributed by atoms with Gasteiger partial charge in [-0.15, -0.1) is 0 Å². The molecule has 1 heterocycles. The second-order valence-electron chi connectivity index (χ2n) is 7.30. The zero-order valence-corrected chi connectivity index (χ0v) is 16.8. The predicted octanol–water partition coefficient (Wildman–Crippen LogP) is 3.65. The van der Waals surface area contributed by atoms with E-state index >= 15 is 0 Å². The molecule has 5 nitrogen and oxygen atoms in total. The molecule has 2 aromatic rings. The number of nitrogens with one attached hydrogen (secondary N) is 1. The van der Waals surface area contributed by atoms with E-state index in [9.17, 15) is 13.2 Å². The van der Waals surface area contributed by atoms with E-state index in [4.69, 9.17) is 0 Å². The molecule has 0 unspecified atom stereocenters. The number of hydrogen-bond acceptors (Lipinski definition) is 3. The lowest BCUT2D eigenvalue weighted by molar-refractivity contribution is -0.120. The van der Waals surface area contributed by atoms with Crippen LogP contribution in [0.3, 0.4) is 0 Å². The van der Waals surface area contributed by atoms with Crippen molar-refractivity contribution in [2.24, 2.45) is 5.92 Å². The quantitative estimate of drug-likeness (QED) is 0.872. The standard InChI is InChI=1S/C21H26N2O3S/c1-15-5-4-6-19(13-15)27(25,26)23-11-9-18(10-12-23)21(24)22-20-14-16(2)7-8-17(20)3/h4-8,13-14,18H,9-12H2,1-3H3,(H,22,24). The van der Waals surface area contributed by atoms with Gasteiger partial charge in [-0.3, -0.25) is 4.79 Å². The van der Waals surface area contributed by atoms with Gasteiger partial charge < -0.3 is 5.32 Å². The molecule has 1 N–H and O–H groups in total. The van der Waals surface area contributed by atoms with Crippen molar-refractivity contribution in [1.82, 2.24) is 4.31 Å². The van der Waals surface area contributed by atoms with Crippen LogP contribution in [0, 0.1) is 26.7 Å². The number of hydrogen-bond donors (Lipinski definition) is 1. The maximum atomic E-state index is 12.8. The van der Waals surface area contributed by atoms with Crippen molar-refractivity contribution in [2.45, 2.75) is 38.5 Å². The van der Waals surface area contributed by atoms with Crippen molar-refractivity contribution in [2.75, 3.05) is 18.4 Å². The Hall–Kier alpha value is -2.18. The number of carbonyl (C=O) groups excluding carboxylic acids is 1. The van der Waals surface area contributed by atoms with Crippen LogP contribution in [0.15, 0.2) is 47.4 Å². The number of benzene rings is 2. The number of rotatable bonds is 4. The Kier molecular flexibility index (Phi) is 5.67. The number of piperidine rings is 1. The van der Waals surface area contributed by atoms with Crippen LogP contribution < -0.4 is 5.32 Å². The number of anilines is 1. The van der Waals surface area contributed by atoms with Crippen LogP contribution in [-0.2, 0) is 14.8 Å². The van der Waals surface area contributed by atoms with E-state index in [1.54, 1.807) is 18.2 Å². The monoisotopic (exact) mass is 386 g/mol. The highest BCUT2D eigenvalue weighted by Crippen LogP contribution is 2.26. The normalized spacial score (nSPS) is 16.3. The Morgan fingerprint density at radius 3 is 2.33 bits per heavy atom. The lowest BCUT2D eigenvalue weighted by atomic mass is 9.97. The van der Waals surface area contributed by atoms with E-state index in [2.05, 4.69) is 5.32 Å². The largest absolute Gasteiger partial charge is 0.326 e. The summed E-state index contributed by atoms with van der Waals surface area (Å²) in [6.45, 7) is 6.56. The zero-order chi connectivity index (χ0) is 19.6. The fourth-order valence-electron chi connectivity index (χ4n) is 3.39. The molecule has 2 aromatic carbocycles. The maximum Gasteiger partial charge on any atom is 0.243 e.